The molecule has 2 amide bonds. The molecule has 0 spiro atoms. The van der Waals surface area contributed by atoms with Crippen molar-refractivity contribution in [3.8, 4) is 0 Å². The van der Waals surface area contributed by atoms with Crippen molar-refractivity contribution in [2.75, 3.05) is 5.32 Å². The lowest BCUT2D eigenvalue weighted by Gasteiger charge is -2.15. The van der Waals surface area contributed by atoms with Crippen LogP contribution in [0.15, 0.2) is 78.9 Å². The summed E-state index contributed by atoms with van der Waals surface area (Å²) in [7, 11) is 0. The summed E-state index contributed by atoms with van der Waals surface area (Å²) in [6, 6.07) is 25.5. The molecule has 28 heavy (non-hydrogen) atoms. The zero-order valence-corrected chi connectivity index (χ0v) is 15.6. The Bertz CT molecular complexity index is 984. The SMILES string of the molecule is O=C(CCc1ccccc1)Nc1ccc2c(c1)CN(Cc1ccccc1)C2=O. The van der Waals surface area contributed by atoms with Crippen molar-refractivity contribution in [2.45, 2.75) is 25.9 Å². The fourth-order valence-corrected chi connectivity index (χ4v) is 3.52. The molecule has 0 unspecified atom stereocenters. The molecule has 0 radical (unpaired) electrons. The highest BCUT2D eigenvalue weighted by Crippen LogP contribution is 2.27. The van der Waals surface area contributed by atoms with Gasteiger partial charge in [0.25, 0.3) is 5.91 Å². The number of hydrogen-bond acceptors (Lipinski definition) is 2. The van der Waals surface area contributed by atoms with Crippen LogP contribution in [0.4, 0.5) is 5.69 Å². The Balaban J connectivity index is 1.38. The lowest BCUT2D eigenvalue weighted by molar-refractivity contribution is -0.116. The van der Waals surface area contributed by atoms with Crippen molar-refractivity contribution in [1.82, 2.24) is 4.90 Å². The Hall–Kier alpha value is -3.40. The van der Waals surface area contributed by atoms with Crippen LogP contribution in [0.1, 0.15) is 33.5 Å². The van der Waals surface area contributed by atoms with Gasteiger partial charge < -0.3 is 10.2 Å². The first kappa shape index (κ1) is 18.0. The van der Waals surface area contributed by atoms with E-state index >= 15 is 0 Å². The Morgan fingerprint density at radius 3 is 2.29 bits per heavy atom. The second-order valence-electron chi connectivity index (χ2n) is 7.05. The summed E-state index contributed by atoms with van der Waals surface area (Å²) in [5.74, 6) is 0.0232. The van der Waals surface area contributed by atoms with E-state index in [0.717, 1.165) is 27.9 Å². The lowest BCUT2D eigenvalue weighted by atomic mass is 10.1. The van der Waals surface area contributed by atoms with E-state index in [9.17, 15) is 9.59 Å². The fourth-order valence-electron chi connectivity index (χ4n) is 3.52. The molecule has 4 heteroatoms. The largest absolute Gasteiger partial charge is 0.330 e. The number of hydrogen-bond donors (Lipinski definition) is 1. The monoisotopic (exact) mass is 370 g/mol. The summed E-state index contributed by atoms with van der Waals surface area (Å²) >= 11 is 0. The van der Waals surface area contributed by atoms with Gasteiger partial charge in [-0.3, -0.25) is 9.59 Å². The number of nitrogens with one attached hydrogen (secondary N) is 1. The first-order valence-corrected chi connectivity index (χ1v) is 9.49. The second-order valence-corrected chi connectivity index (χ2v) is 7.05. The summed E-state index contributed by atoms with van der Waals surface area (Å²) in [5, 5.41) is 2.95. The molecule has 1 aliphatic rings. The number of carbonyl (C=O) groups excluding carboxylic acids is 2. The van der Waals surface area contributed by atoms with Gasteiger partial charge in [0.05, 0.1) is 0 Å². The predicted molar refractivity (Wildman–Crippen MR) is 110 cm³/mol. The highest BCUT2D eigenvalue weighted by Gasteiger charge is 2.27. The normalized spacial score (nSPS) is 12.7. The molecule has 0 aromatic heterocycles. The predicted octanol–water partition coefficient (Wildman–Crippen LogP) is 4.41. The van der Waals surface area contributed by atoms with Crippen LogP contribution in [0.5, 0.6) is 0 Å². The van der Waals surface area contributed by atoms with Crippen LogP contribution in [0.2, 0.25) is 0 Å². The number of rotatable bonds is 6. The van der Waals surface area contributed by atoms with Crippen LogP contribution in [0.25, 0.3) is 0 Å². The van der Waals surface area contributed by atoms with Gasteiger partial charge in [-0.05, 0) is 41.3 Å². The molecular formula is C24H22N2O2. The molecule has 1 heterocycles. The maximum Gasteiger partial charge on any atom is 0.254 e. The first-order valence-electron chi connectivity index (χ1n) is 9.49. The Morgan fingerprint density at radius 1 is 0.893 bits per heavy atom. The van der Waals surface area contributed by atoms with Crippen LogP contribution in [0, 0.1) is 0 Å². The van der Waals surface area contributed by atoms with E-state index in [1.165, 1.54) is 0 Å². The molecular weight excluding hydrogens is 348 g/mol. The number of benzene rings is 3. The van der Waals surface area contributed by atoms with E-state index in [1.54, 1.807) is 0 Å². The van der Waals surface area contributed by atoms with E-state index in [4.69, 9.17) is 0 Å². The molecule has 4 rings (SSSR count). The first-order chi connectivity index (χ1) is 13.7. The number of anilines is 1. The Kier molecular flexibility index (Phi) is 5.20. The molecule has 0 saturated heterocycles. The van der Waals surface area contributed by atoms with Crippen molar-refractivity contribution < 1.29 is 9.59 Å². The Morgan fingerprint density at radius 2 is 1.57 bits per heavy atom. The van der Waals surface area contributed by atoms with Crippen LogP contribution < -0.4 is 5.32 Å². The molecule has 0 fully saturated rings. The van der Waals surface area contributed by atoms with Gasteiger partial charge >= 0.3 is 0 Å². The number of carbonyl (C=O) groups is 2. The number of aryl methyl sites for hydroxylation is 1. The highest BCUT2D eigenvalue weighted by atomic mass is 16.2. The Labute approximate surface area is 164 Å². The van der Waals surface area contributed by atoms with Crippen molar-refractivity contribution in [1.29, 1.82) is 0 Å². The third kappa shape index (κ3) is 4.12. The molecule has 1 N–H and O–H groups in total. The van der Waals surface area contributed by atoms with Crippen molar-refractivity contribution in [2.24, 2.45) is 0 Å². The number of fused-ring (bicyclic) bond motifs is 1. The molecule has 0 bridgehead atoms. The molecule has 3 aromatic rings. The molecule has 0 atom stereocenters. The average Bonchev–Trinajstić information content (AvgIpc) is 3.03. The minimum Gasteiger partial charge on any atom is -0.330 e. The lowest BCUT2D eigenvalue weighted by Crippen LogP contribution is -2.23. The number of amides is 2. The minimum absolute atomic E-state index is 0.0192. The standard InChI is InChI=1S/C24H22N2O2/c27-23(14-11-18-7-3-1-4-8-18)25-21-12-13-22-20(15-21)17-26(24(22)28)16-19-9-5-2-6-10-19/h1-10,12-13,15H,11,14,16-17H2,(H,25,27). The van der Waals surface area contributed by atoms with Gasteiger partial charge in [0.15, 0.2) is 0 Å². The maximum absolute atomic E-state index is 12.6. The van der Waals surface area contributed by atoms with Crippen LogP contribution in [-0.2, 0) is 24.3 Å². The van der Waals surface area contributed by atoms with Crippen molar-refractivity contribution >= 4 is 17.5 Å². The second kappa shape index (κ2) is 8.09. The van der Waals surface area contributed by atoms with Crippen LogP contribution in [0.3, 0.4) is 0 Å². The van der Waals surface area contributed by atoms with E-state index in [2.05, 4.69) is 5.32 Å². The molecule has 0 saturated carbocycles. The van der Waals surface area contributed by atoms with Gasteiger partial charge in [0.1, 0.15) is 0 Å². The smallest absolute Gasteiger partial charge is 0.254 e. The van der Waals surface area contributed by atoms with Gasteiger partial charge in [-0.2, -0.15) is 0 Å². The molecule has 3 aromatic carbocycles. The molecule has 0 aliphatic carbocycles. The molecule has 1 aliphatic heterocycles. The highest BCUT2D eigenvalue weighted by molar-refractivity contribution is 5.99. The summed E-state index contributed by atoms with van der Waals surface area (Å²) in [4.78, 5) is 26.7. The molecule has 140 valence electrons. The van der Waals surface area contributed by atoms with E-state index in [1.807, 2.05) is 83.8 Å². The number of nitrogens with zero attached hydrogens (tertiary/aromatic N) is 1. The third-order valence-electron chi connectivity index (χ3n) is 4.97. The van der Waals surface area contributed by atoms with E-state index < -0.39 is 0 Å². The van der Waals surface area contributed by atoms with Crippen molar-refractivity contribution in [3.05, 3.63) is 101 Å². The quantitative estimate of drug-likeness (QED) is 0.698. The summed E-state index contributed by atoms with van der Waals surface area (Å²) in [6.45, 7) is 1.16. The van der Waals surface area contributed by atoms with Crippen molar-refractivity contribution in [3.63, 3.8) is 0 Å². The maximum atomic E-state index is 12.6. The van der Waals surface area contributed by atoms with E-state index in [0.29, 0.717) is 25.9 Å². The third-order valence-corrected chi connectivity index (χ3v) is 4.97. The average molecular weight is 370 g/mol. The zero-order chi connectivity index (χ0) is 19.3. The summed E-state index contributed by atoms with van der Waals surface area (Å²) in [5.41, 5.74) is 4.68. The summed E-state index contributed by atoms with van der Waals surface area (Å²) in [6.07, 6.45) is 1.14. The topological polar surface area (TPSA) is 49.4 Å². The summed E-state index contributed by atoms with van der Waals surface area (Å²) < 4.78 is 0. The van der Waals surface area contributed by atoms with Gasteiger partial charge in [0.2, 0.25) is 5.91 Å². The molecule has 4 nitrogen and oxygen atoms in total. The van der Waals surface area contributed by atoms with Gasteiger partial charge in [-0.15, -0.1) is 0 Å². The minimum atomic E-state index is -0.0192. The van der Waals surface area contributed by atoms with Gasteiger partial charge in [-0.25, -0.2) is 0 Å². The van der Waals surface area contributed by atoms with Gasteiger partial charge in [-0.1, -0.05) is 60.7 Å². The van der Waals surface area contributed by atoms with Crippen LogP contribution in [-0.4, -0.2) is 16.7 Å². The fraction of sp³-hybridized carbons (Fsp3) is 0.167. The zero-order valence-electron chi connectivity index (χ0n) is 15.6. The van der Waals surface area contributed by atoms with E-state index in [-0.39, 0.29) is 11.8 Å². The van der Waals surface area contributed by atoms with Crippen LogP contribution >= 0.6 is 0 Å². The van der Waals surface area contributed by atoms with Gasteiger partial charge in [0, 0.05) is 30.8 Å².